The molecule has 1 atom stereocenters. The Kier molecular flexibility index (Phi) is 4.21. The minimum Gasteiger partial charge on any atom is -0.310 e. The molecule has 0 radical (unpaired) electrons. The van der Waals surface area contributed by atoms with E-state index in [0.717, 1.165) is 11.8 Å². The van der Waals surface area contributed by atoms with E-state index in [2.05, 4.69) is 15.6 Å². The van der Waals surface area contributed by atoms with Gasteiger partial charge in [0.15, 0.2) is 0 Å². The van der Waals surface area contributed by atoms with Crippen LogP contribution >= 0.6 is 0 Å². The fraction of sp³-hybridized carbons (Fsp3) is 0.385. The average molecular weight is 266 g/mol. The van der Waals surface area contributed by atoms with E-state index in [1.165, 1.54) is 12.1 Å². The van der Waals surface area contributed by atoms with Gasteiger partial charge in [-0.05, 0) is 24.2 Å². The summed E-state index contributed by atoms with van der Waals surface area (Å²) in [6, 6.07) is 3.36. The summed E-state index contributed by atoms with van der Waals surface area (Å²) < 4.78 is 28.1. The van der Waals surface area contributed by atoms with Gasteiger partial charge in [-0.1, -0.05) is 12.1 Å². The molecule has 1 unspecified atom stereocenters. The number of halogens is 2. The van der Waals surface area contributed by atoms with Crippen LogP contribution in [0.1, 0.15) is 24.2 Å². The molecule has 2 rings (SSSR count). The summed E-state index contributed by atoms with van der Waals surface area (Å²) >= 11 is 0. The van der Waals surface area contributed by atoms with Gasteiger partial charge in [0.1, 0.15) is 11.6 Å². The fourth-order valence-electron chi connectivity index (χ4n) is 2.03. The Morgan fingerprint density at radius 2 is 1.95 bits per heavy atom. The first-order valence-electron chi connectivity index (χ1n) is 6.13. The van der Waals surface area contributed by atoms with Crippen molar-refractivity contribution in [2.75, 3.05) is 6.54 Å². The normalized spacial score (nSPS) is 12.6. The molecule has 1 aromatic carbocycles. The zero-order chi connectivity index (χ0) is 13.8. The van der Waals surface area contributed by atoms with E-state index in [1.54, 1.807) is 17.9 Å². The molecule has 6 heteroatoms. The number of hydrogen-bond donors (Lipinski definition) is 1. The first kappa shape index (κ1) is 13.6. The summed E-state index contributed by atoms with van der Waals surface area (Å²) in [7, 11) is 1.78. The van der Waals surface area contributed by atoms with Gasteiger partial charge in [0.05, 0.1) is 5.69 Å². The Labute approximate surface area is 110 Å². The van der Waals surface area contributed by atoms with Crippen LogP contribution in [0.5, 0.6) is 0 Å². The van der Waals surface area contributed by atoms with Gasteiger partial charge < -0.3 is 5.32 Å². The van der Waals surface area contributed by atoms with E-state index in [4.69, 9.17) is 0 Å². The third-order valence-corrected chi connectivity index (χ3v) is 2.80. The van der Waals surface area contributed by atoms with Crippen molar-refractivity contribution in [1.82, 2.24) is 20.3 Å². The van der Waals surface area contributed by atoms with Crippen molar-refractivity contribution in [1.29, 1.82) is 0 Å². The predicted molar refractivity (Wildman–Crippen MR) is 67.5 cm³/mol. The van der Waals surface area contributed by atoms with Crippen molar-refractivity contribution >= 4 is 0 Å². The van der Waals surface area contributed by atoms with Crippen molar-refractivity contribution in [3.05, 3.63) is 47.3 Å². The zero-order valence-electron chi connectivity index (χ0n) is 10.9. The Balaban J connectivity index is 2.23. The molecule has 0 aliphatic carbocycles. The summed E-state index contributed by atoms with van der Waals surface area (Å²) in [4.78, 5) is 0. The first-order valence-corrected chi connectivity index (χ1v) is 6.13. The van der Waals surface area contributed by atoms with E-state index < -0.39 is 11.6 Å². The Bertz CT molecular complexity index is 533. The number of hydrogen-bond acceptors (Lipinski definition) is 3. The van der Waals surface area contributed by atoms with Gasteiger partial charge in [-0.2, -0.15) is 0 Å². The van der Waals surface area contributed by atoms with Gasteiger partial charge in [0.2, 0.25) is 0 Å². The molecule has 0 saturated carbocycles. The van der Waals surface area contributed by atoms with Crippen LogP contribution in [0.15, 0.2) is 24.4 Å². The maximum atomic E-state index is 13.3. The summed E-state index contributed by atoms with van der Waals surface area (Å²) in [6.07, 6.45) is 2.32. The van der Waals surface area contributed by atoms with Gasteiger partial charge in [0, 0.05) is 31.8 Å². The SMILES string of the molecule is CCNC(Cc1cn(C)nn1)c1cc(F)cc(F)c1. The highest BCUT2D eigenvalue weighted by molar-refractivity contribution is 5.22. The van der Waals surface area contributed by atoms with Crippen LogP contribution in [0.25, 0.3) is 0 Å². The third-order valence-electron chi connectivity index (χ3n) is 2.80. The number of nitrogens with one attached hydrogen (secondary N) is 1. The van der Waals surface area contributed by atoms with Crippen LogP contribution in [0, 0.1) is 11.6 Å². The van der Waals surface area contributed by atoms with Crippen LogP contribution in [-0.4, -0.2) is 21.5 Å². The lowest BCUT2D eigenvalue weighted by molar-refractivity contribution is 0.525. The lowest BCUT2D eigenvalue weighted by Crippen LogP contribution is -2.23. The summed E-state index contributed by atoms with van der Waals surface area (Å²) in [5, 5.41) is 11.0. The van der Waals surface area contributed by atoms with Crippen LogP contribution in [0.2, 0.25) is 0 Å². The van der Waals surface area contributed by atoms with E-state index in [-0.39, 0.29) is 6.04 Å². The van der Waals surface area contributed by atoms with Crippen molar-refractivity contribution in [2.24, 2.45) is 7.05 Å². The second-order valence-electron chi connectivity index (χ2n) is 4.40. The molecule has 19 heavy (non-hydrogen) atoms. The number of rotatable bonds is 5. The molecule has 0 fully saturated rings. The quantitative estimate of drug-likeness (QED) is 0.900. The highest BCUT2D eigenvalue weighted by Crippen LogP contribution is 2.19. The largest absolute Gasteiger partial charge is 0.310 e. The molecule has 0 spiro atoms. The molecule has 0 amide bonds. The molecule has 0 bridgehead atoms. The molecule has 1 N–H and O–H groups in total. The standard InChI is InChI=1S/C13H16F2N4/c1-3-16-13(7-12-8-19(2)18-17-12)9-4-10(14)6-11(15)5-9/h4-6,8,13,16H,3,7H2,1-2H3. The van der Waals surface area contributed by atoms with Gasteiger partial charge in [0.25, 0.3) is 0 Å². The molecular formula is C13H16F2N4. The summed E-state index contributed by atoms with van der Waals surface area (Å²) in [5.74, 6) is -1.14. The van der Waals surface area contributed by atoms with Gasteiger partial charge >= 0.3 is 0 Å². The minimum atomic E-state index is -0.572. The maximum absolute atomic E-state index is 13.3. The molecule has 102 valence electrons. The molecule has 1 aromatic heterocycles. The number of aromatic nitrogens is 3. The molecule has 2 aromatic rings. The van der Waals surface area contributed by atoms with Gasteiger partial charge in [-0.15, -0.1) is 5.10 Å². The second kappa shape index (κ2) is 5.88. The fourth-order valence-corrected chi connectivity index (χ4v) is 2.03. The maximum Gasteiger partial charge on any atom is 0.126 e. The van der Waals surface area contributed by atoms with Crippen LogP contribution < -0.4 is 5.32 Å². The van der Waals surface area contributed by atoms with E-state index >= 15 is 0 Å². The molecule has 0 aliphatic rings. The number of benzene rings is 1. The van der Waals surface area contributed by atoms with E-state index in [0.29, 0.717) is 18.5 Å². The number of likely N-dealkylation sites (N-methyl/N-ethyl adjacent to an activating group) is 1. The third kappa shape index (κ3) is 3.57. The van der Waals surface area contributed by atoms with E-state index in [1.807, 2.05) is 6.92 Å². The van der Waals surface area contributed by atoms with Crippen molar-refractivity contribution < 1.29 is 8.78 Å². The predicted octanol–water partition coefficient (Wildman–Crippen LogP) is 1.99. The Morgan fingerprint density at radius 3 is 2.47 bits per heavy atom. The smallest absolute Gasteiger partial charge is 0.126 e. The Morgan fingerprint density at radius 1 is 1.26 bits per heavy atom. The second-order valence-corrected chi connectivity index (χ2v) is 4.40. The average Bonchev–Trinajstić information content (AvgIpc) is 2.73. The van der Waals surface area contributed by atoms with E-state index in [9.17, 15) is 8.78 Å². The molecule has 1 heterocycles. The van der Waals surface area contributed by atoms with Gasteiger partial charge in [-0.3, -0.25) is 4.68 Å². The monoisotopic (exact) mass is 266 g/mol. The highest BCUT2D eigenvalue weighted by atomic mass is 19.1. The molecule has 4 nitrogen and oxygen atoms in total. The van der Waals surface area contributed by atoms with Crippen molar-refractivity contribution in [3.8, 4) is 0 Å². The van der Waals surface area contributed by atoms with Gasteiger partial charge in [-0.25, -0.2) is 8.78 Å². The van der Waals surface area contributed by atoms with Crippen LogP contribution in [-0.2, 0) is 13.5 Å². The lowest BCUT2D eigenvalue weighted by Gasteiger charge is -2.17. The summed E-state index contributed by atoms with van der Waals surface area (Å²) in [6.45, 7) is 2.64. The molecule has 0 saturated heterocycles. The lowest BCUT2D eigenvalue weighted by atomic mass is 10.0. The zero-order valence-corrected chi connectivity index (χ0v) is 10.9. The minimum absolute atomic E-state index is 0.188. The molecule has 0 aliphatic heterocycles. The molecular weight excluding hydrogens is 250 g/mol. The Hall–Kier alpha value is -1.82. The first-order chi connectivity index (χ1) is 9.08. The topological polar surface area (TPSA) is 42.7 Å². The van der Waals surface area contributed by atoms with Crippen molar-refractivity contribution in [2.45, 2.75) is 19.4 Å². The van der Waals surface area contributed by atoms with Crippen LogP contribution in [0.4, 0.5) is 8.78 Å². The number of nitrogens with zero attached hydrogens (tertiary/aromatic N) is 3. The highest BCUT2D eigenvalue weighted by Gasteiger charge is 2.15. The van der Waals surface area contributed by atoms with Crippen LogP contribution in [0.3, 0.4) is 0 Å². The number of aryl methyl sites for hydroxylation is 1. The summed E-state index contributed by atoms with van der Waals surface area (Å²) in [5.41, 5.74) is 1.35. The van der Waals surface area contributed by atoms with Crippen molar-refractivity contribution in [3.63, 3.8) is 0 Å².